The van der Waals surface area contributed by atoms with Crippen LogP contribution in [0, 0.1) is 6.92 Å². The molecule has 34 heavy (non-hydrogen) atoms. The van der Waals surface area contributed by atoms with Gasteiger partial charge in [0, 0.05) is 46.3 Å². The number of ether oxygens (including phenoxy) is 1. The molecule has 0 atom stereocenters. The fraction of sp³-hybridized carbons (Fsp3) is 0.120. The molecule has 0 bridgehead atoms. The number of thioether (sulfide) groups is 1. The Balaban J connectivity index is 1.59. The van der Waals surface area contributed by atoms with Crippen molar-refractivity contribution in [1.82, 2.24) is 19.7 Å². The van der Waals surface area contributed by atoms with E-state index in [-0.39, 0.29) is 0 Å². The number of hydrogen-bond acceptors (Lipinski definition) is 7. The fourth-order valence-corrected chi connectivity index (χ4v) is 4.81. The minimum Gasteiger partial charge on any atom is -0.497 e. The molecule has 0 saturated heterocycles. The van der Waals surface area contributed by atoms with Gasteiger partial charge in [-0.15, -0.1) is 10.2 Å². The second kappa shape index (κ2) is 9.32. The standard InChI is InChI=1S/C25H19ClN4O3S/c1-15-20(26)4-3-5-21(15)30-24(16-8-10-27-11-9-16)28-29-25(30)34-14-17-12-23(31)33-22-13-18(32-2)6-7-19(17)22/h3-13H,14H2,1-2H3. The molecule has 0 amide bonds. The number of pyridine rings is 1. The van der Waals surface area contributed by atoms with E-state index in [1.54, 1.807) is 25.6 Å². The number of rotatable bonds is 6. The highest BCUT2D eigenvalue weighted by molar-refractivity contribution is 7.98. The molecule has 3 aromatic heterocycles. The van der Waals surface area contributed by atoms with Crippen LogP contribution in [0.2, 0.25) is 5.02 Å². The summed E-state index contributed by atoms with van der Waals surface area (Å²) < 4.78 is 12.6. The Morgan fingerprint density at radius 2 is 1.91 bits per heavy atom. The summed E-state index contributed by atoms with van der Waals surface area (Å²) in [5, 5.41) is 11.1. The lowest BCUT2D eigenvalue weighted by Gasteiger charge is -2.14. The Kier molecular flexibility index (Phi) is 6.08. The first-order chi connectivity index (χ1) is 16.5. The van der Waals surface area contributed by atoms with E-state index >= 15 is 0 Å². The second-order valence-corrected chi connectivity index (χ2v) is 8.85. The summed E-state index contributed by atoms with van der Waals surface area (Å²) in [5.74, 6) is 1.79. The molecule has 5 aromatic rings. The van der Waals surface area contributed by atoms with Gasteiger partial charge in [-0.05, 0) is 54.4 Å². The summed E-state index contributed by atoms with van der Waals surface area (Å²) in [6.07, 6.45) is 3.44. The number of halogens is 1. The van der Waals surface area contributed by atoms with E-state index in [9.17, 15) is 4.79 Å². The van der Waals surface area contributed by atoms with E-state index in [4.69, 9.17) is 20.8 Å². The lowest BCUT2D eigenvalue weighted by Crippen LogP contribution is -2.03. The molecule has 9 heteroatoms. The largest absolute Gasteiger partial charge is 0.497 e. The molecule has 0 N–H and O–H groups in total. The molecule has 2 aromatic carbocycles. The lowest BCUT2D eigenvalue weighted by atomic mass is 10.1. The molecule has 0 spiro atoms. The van der Waals surface area contributed by atoms with Gasteiger partial charge < -0.3 is 9.15 Å². The van der Waals surface area contributed by atoms with Crippen molar-refractivity contribution in [2.75, 3.05) is 7.11 Å². The first kappa shape index (κ1) is 22.2. The molecule has 0 aliphatic heterocycles. The van der Waals surface area contributed by atoms with Crippen molar-refractivity contribution in [3.05, 3.63) is 93.6 Å². The van der Waals surface area contributed by atoms with Crippen LogP contribution in [-0.4, -0.2) is 26.9 Å². The minimum absolute atomic E-state index is 0.416. The Morgan fingerprint density at radius 3 is 2.71 bits per heavy atom. The van der Waals surface area contributed by atoms with E-state index in [0.717, 1.165) is 27.8 Å². The Morgan fingerprint density at radius 1 is 1.09 bits per heavy atom. The SMILES string of the molecule is COc1ccc2c(CSc3nnc(-c4ccncc4)n3-c3cccc(Cl)c3C)cc(=O)oc2c1. The molecule has 0 aliphatic carbocycles. The first-order valence-electron chi connectivity index (χ1n) is 10.4. The van der Waals surface area contributed by atoms with Crippen molar-refractivity contribution in [2.24, 2.45) is 0 Å². The van der Waals surface area contributed by atoms with E-state index in [1.807, 2.05) is 54.0 Å². The van der Waals surface area contributed by atoms with Gasteiger partial charge in [0.25, 0.3) is 0 Å². The Bertz CT molecular complexity index is 1550. The topological polar surface area (TPSA) is 83.0 Å². The highest BCUT2D eigenvalue weighted by atomic mass is 35.5. The van der Waals surface area contributed by atoms with E-state index < -0.39 is 5.63 Å². The monoisotopic (exact) mass is 490 g/mol. The van der Waals surface area contributed by atoms with Gasteiger partial charge in [-0.3, -0.25) is 9.55 Å². The van der Waals surface area contributed by atoms with Gasteiger partial charge in [-0.2, -0.15) is 0 Å². The average Bonchev–Trinajstić information content (AvgIpc) is 3.28. The maximum Gasteiger partial charge on any atom is 0.336 e. The highest BCUT2D eigenvalue weighted by Crippen LogP contribution is 2.34. The zero-order valence-corrected chi connectivity index (χ0v) is 19.9. The number of aromatic nitrogens is 4. The lowest BCUT2D eigenvalue weighted by molar-refractivity contribution is 0.414. The zero-order valence-electron chi connectivity index (χ0n) is 18.4. The number of methoxy groups -OCH3 is 1. The zero-order chi connectivity index (χ0) is 23.7. The smallest absolute Gasteiger partial charge is 0.336 e. The van der Waals surface area contributed by atoms with Gasteiger partial charge in [0.15, 0.2) is 11.0 Å². The maximum absolute atomic E-state index is 12.2. The van der Waals surface area contributed by atoms with Crippen LogP contribution in [0.5, 0.6) is 5.75 Å². The molecule has 3 heterocycles. The quantitative estimate of drug-likeness (QED) is 0.223. The first-order valence-corrected chi connectivity index (χ1v) is 11.8. The van der Waals surface area contributed by atoms with Gasteiger partial charge in [0.2, 0.25) is 0 Å². The highest BCUT2D eigenvalue weighted by Gasteiger charge is 2.19. The molecular weight excluding hydrogens is 472 g/mol. The van der Waals surface area contributed by atoms with Crippen LogP contribution in [0.1, 0.15) is 11.1 Å². The molecule has 0 aliphatic rings. The predicted octanol–water partition coefficient (Wildman–Crippen LogP) is 5.70. The number of hydrogen-bond donors (Lipinski definition) is 0. The van der Waals surface area contributed by atoms with Gasteiger partial charge in [-0.1, -0.05) is 29.4 Å². The van der Waals surface area contributed by atoms with Crippen LogP contribution in [0.4, 0.5) is 0 Å². The Hall–Kier alpha value is -3.62. The summed E-state index contributed by atoms with van der Waals surface area (Å²) in [6.45, 7) is 1.96. The van der Waals surface area contributed by atoms with E-state index in [0.29, 0.717) is 33.1 Å². The fourth-order valence-electron chi connectivity index (χ4n) is 3.71. The third kappa shape index (κ3) is 4.18. The van der Waals surface area contributed by atoms with Crippen LogP contribution in [0.3, 0.4) is 0 Å². The van der Waals surface area contributed by atoms with Crippen LogP contribution in [-0.2, 0) is 5.75 Å². The van der Waals surface area contributed by atoms with Gasteiger partial charge in [0.05, 0.1) is 12.8 Å². The van der Waals surface area contributed by atoms with Crippen molar-refractivity contribution in [1.29, 1.82) is 0 Å². The van der Waals surface area contributed by atoms with Gasteiger partial charge in [-0.25, -0.2) is 4.79 Å². The molecule has 0 fully saturated rings. The van der Waals surface area contributed by atoms with Gasteiger partial charge >= 0.3 is 5.63 Å². The van der Waals surface area contributed by atoms with Crippen molar-refractivity contribution in [3.8, 4) is 22.8 Å². The minimum atomic E-state index is -0.416. The van der Waals surface area contributed by atoms with E-state index in [1.165, 1.54) is 17.8 Å². The molecular formula is C25H19ClN4O3S. The molecule has 170 valence electrons. The molecule has 0 radical (unpaired) electrons. The van der Waals surface area contributed by atoms with Crippen molar-refractivity contribution < 1.29 is 9.15 Å². The van der Waals surface area contributed by atoms with Crippen LogP contribution < -0.4 is 10.4 Å². The van der Waals surface area contributed by atoms with E-state index in [2.05, 4.69) is 15.2 Å². The maximum atomic E-state index is 12.2. The van der Waals surface area contributed by atoms with Crippen molar-refractivity contribution >= 4 is 34.3 Å². The summed E-state index contributed by atoms with van der Waals surface area (Å²) in [4.78, 5) is 16.3. The van der Waals surface area contributed by atoms with Crippen LogP contribution in [0.25, 0.3) is 28.0 Å². The normalized spacial score (nSPS) is 11.1. The van der Waals surface area contributed by atoms with Crippen molar-refractivity contribution in [2.45, 2.75) is 17.8 Å². The molecule has 0 saturated carbocycles. The Labute approximate surface area is 204 Å². The second-order valence-electron chi connectivity index (χ2n) is 7.50. The third-order valence-electron chi connectivity index (χ3n) is 5.45. The summed E-state index contributed by atoms with van der Waals surface area (Å²) in [5.41, 5.74) is 3.58. The summed E-state index contributed by atoms with van der Waals surface area (Å²) >= 11 is 7.91. The molecule has 7 nitrogen and oxygen atoms in total. The predicted molar refractivity (Wildman–Crippen MR) is 133 cm³/mol. The van der Waals surface area contributed by atoms with Crippen molar-refractivity contribution in [3.63, 3.8) is 0 Å². The number of benzene rings is 2. The number of fused-ring (bicyclic) bond motifs is 1. The van der Waals surface area contributed by atoms with Crippen LogP contribution in [0.15, 0.2) is 81.4 Å². The third-order valence-corrected chi connectivity index (χ3v) is 6.83. The van der Waals surface area contributed by atoms with Gasteiger partial charge in [0.1, 0.15) is 11.3 Å². The molecule has 0 unspecified atom stereocenters. The summed E-state index contributed by atoms with van der Waals surface area (Å²) in [7, 11) is 1.57. The number of nitrogens with zero attached hydrogens (tertiary/aromatic N) is 4. The average molecular weight is 491 g/mol. The summed E-state index contributed by atoms with van der Waals surface area (Å²) in [6, 6.07) is 16.5. The van der Waals surface area contributed by atoms with Crippen LogP contribution >= 0.6 is 23.4 Å². The molecule has 5 rings (SSSR count).